The molecule has 3 rings (SSSR count). The zero-order chi connectivity index (χ0) is 27.9. The van der Waals surface area contributed by atoms with Crippen LogP contribution in [0.5, 0.6) is 11.5 Å². The summed E-state index contributed by atoms with van der Waals surface area (Å²) in [6.07, 6.45) is 13.5. The highest BCUT2D eigenvalue weighted by Gasteiger charge is 2.21. The lowest BCUT2D eigenvalue weighted by Crippen LogP contribution is -2.40. The molecule has 0 spiro atoms. The quantitative estimate of drug-likeness (QED) is 0.153. The minimum absolute atomic E-state index is 0.110. The highest BCUT2D eigenvalue weighted by molar-refractivity contribution is 5.95. The van der Waals surface area contributed by atoms with Crippen LogP contribution in [0.1, 0.15) is 75.6 Å². The number of esters is 1. The van der Waals surface area contributed by atoms with Crippen molar-refractivity contribution in [3.8, 4) is 11.5 Å². The summed E-state index contributed by atoms with van der Waals surface area (Å²) in [6.45, 7) is 5.00. The molecule has 0 saturated heterocycles. The van der Waals surface area contributed by atoms with E-state index in [0.717, 1.165) is 50.5 Å². The van der Waals surface area contributed by atoms with Crippen LogP contribution in [0, 0.1) is 0 Å². The number of carbonyl (C=O) groups is 2. The van der Waals surface area contributed by atoms with Gasteiger partial charge in [-0.25, -0.2) is 0 Å². The molecule has 212 valence electrons. The van der Waals surface area contributed by atoms with Crippen LogP contribution < -0.4 is 20.5 Å². The molecule has 9 nitrogen and oxygen atoms in total. The van der Waals surface area contributed by atoms with E-state index in [2.05, 4.69) is 16.3 Å². The van der Waals surface area contributed by atoms with Crippen molar-refractivity contribution in [3.05, 3.63) is 53.6 Å². The van der Waals surface area contributed by atoms with E-state index in [1.165, 1.54) is 0 Å². The Hall–Kier alpha value is -3.55. The average Bonchev–Trinajstić information content (AvgIpc) is 2.93. The lowest BCUT2D eigenvalue weighted by molar-refractivity contribution is -0.143. The number of rotatable bonds is 14. The molecule has 9 heteroatoms. The monoisotopic (exact) mass is 539 g/mol. The molecule has 2 aliphatic rings. The molecule has 3 N–H and O–H groups in total. The molecule has 2 aliphatic carbocycles. The van der Waals surface area contributed by atoms with Crippen LogP contribution in [0.2, 0.25) is 0 Å². The standard InChI is InChI=1S/C30H41N3O6/c1-3-36-29(34)8-6-5-7-17-37-27-18-23(30(35)33-25-13-11-24(31)12-14-25)19-28(20-27)39-26-15-9-22(10-16-26)21-32-38-4-2/h9-10,15-16,18-20,24-26H,3-8,11-14,17,31H2,1-2H3,(H,33,35). The Morgan fingerprint density at radius 1 is 1.00 bits per heavy atom. The van der Waals surface area contributed by atoms with Gasteiger partial charge in [0.15, 0.2) is 0 Å². The van der Waals surface area contributed by atoms with Gasteiger partial charge in [-0.3, -0.25) is 9.59 Å². The van der Waals surface area contributed by atoms with E-state index < -0.39 is 0 Å². The Balaban J connectivity index is 1.63. The first-order valence-corrected chi connectivity index (χ1v) is 13.9. The van der Waals surface area contributed by atoms with Gasteiger partial charge in [0, 0.05) is 41.6 Å². The van der Waals surface area contributed by atoms with Crippen LogP contribution in [-0.2, 0) is 14.4 Å². The van der Waals surface area contributed by atoms with E-state index in [0.29, 0.717) is 43.3 Å². The van der Waals surface area contributed by atoms with Crippen LogP contribution in [0.4, 0.5) is 0 Å². The lowest BCUT2D eigenvalue weighted by atomic mass is 9.91. The molecule has 1 saturated carbocycles. The number of benzene rings is 1. The minimum atomic E-state index is -0.323. The fourth-order valence-electron chi connectivity index (χ4n) is 4.33. The summed E-state index contributed by atoms with van der Waals surface area (Å²) in [6, 6.07) is 5.59. The molecule has 0 atom stereocenters. The largest absolute Gasteiger partial charge is 0.493 e. The number of allylic oxidation sites excluding steroid dienone is 3. The average molecular weight is 540 g/mol. The first-order chi connectivity index (χ1) is 19.0. The molecular formula is C30H41N3O6. The van der Waals surface area contributed by atoms with Crippen molar-refractivity contribution in [2.75, 3.05) is 19.8 Å². The highest BCUT2D eigenvalue weighted by atomic mass is 16.6. The number of hydrogen-bond acceptors (Lipinski definition) is 8. The van der Waals surface area contributed by atoms with Crippen LogP contribution >= 0.6 is 0 Å². The SMILES string of the molecule is CCON=C=C1C=CC(Oc2cc(OCCCCCC(=O)OCC)cc(C(=O)NC3CCC(N)CC3)c2)C=C1. The molecule has 0 bridgehead atoms. The van der Waals surface area contributed by atoms with Gasteiger partial charge in [-0.05, 0) is 100 Å². The number of nitrogens with two attached hydrogens (primary N) is 1. The topological polar surface area (TPSA) is 121 Å². The molecule has 0 heterocycles. The van der Waals surface area contributed by atoms with Gasteiger partial charge < -0.3 is 30.1 Å². The number of ether oxygens (including phenoxy) is 3. The third-order valence-corrected chi connectivity index (χ3v) is 6.42. The molecule has 1 amide bonds. The van der Waals surface area contributed by atoms with E-state index in [4.69, 9.17) is 24.8 Å². The molecular weight excluding hydrogens is 498 g/mol. The van der Waals surface area contributed by atoms with Crippen molar-refractivity contribution in [3.63, 3.8) is 0 Å². The molecule has 0 aliphatic heterocycles. The Morgan fingerprint density at radius 2 is 1.74 bits per heavy atom. The maximum Gasteiger partial charge on any atom is 0.305 e. The normalized spacial score (nSPS) is 20.1. The first-order valence-electron chi connectivity index (χ1n) is 13.9. The van der Waals surface area contributed by atoms with Crippen LogP contribution in [0.15, 0.2) is 53.2 Å². The van der Waals surface area contributed by atoms with E-state index in [1.807, 2.05) is 31.2 Å². The highest BCUT2D eigenvalue weighted by Crippen LogP contribution is 2.26. The van der Waals surface area contributed by atoms with E-state index >= 15 is 0 Å². The Bertz CT molecular complexity index is 1050. The molecule has 1 aromatic carbocycles. The van der Waals surface area contributed by atoms with Crippen LogP contribution in [0.3, 0.4) is 0 Å². The van der Waals surface area contributed by atoms with Gasteiger partial charge in [0.1, 0.15) is 24.2 Å². The second-order valence-corrected chi connectivity index (χ2v) is 9.62. The molecule has 0 unspecified atom stereocenters. The summed E-state index contributed by atoms with van der Waals surface area (Å²) in [5, 5.41) is 6.90. The Morgan fingerprint density at radius 3 is 2.46 bits per heavy atom. The Labute approximate surface area is 231 Å². The van der Waals surface area contributed by atoms with Crippen molar-refractivity contribution in [2.45, 2.75) is 83.4 Å². The lowest BCUT2D eigenvalue weighted by Gasteiger charge is -2.27. The predicted octanol–water partition coefficient (Wildman–Crippen LogP) is 4.61. The zero-order valence-corrected chi connectivity index (χ0v) is 23.0. The third kappa shape index (κ3) is 11.0. The number of carbonyl (C=O) groups excluding carboxylic acids is 2. The maximum atomic E-state index is 13.1. The molecule has 1 aromatic rings. The smallest absolute Gasteiger partial charge is 0.305 e. The molecule has 1 fully saturated rings. The second-order valence-electron chi connectivity index (χ2n) is 9.62. The summed E-state index contributed by atoms with van der Waals surface area (Å²) in [5.41, 5.74) is 7.27. The zero-order valence-electron chi connectivity index (χ0n) is 23.0. The van der Waals surface area contributed by atoms with E-state index in [-0.39, 0.29) is 30.1 Å². The fourth-order valence-corrected chi connectivity index (χ4v) is 4.33. The molecule has 0 radical (unpaired) electrons. The number of hydrogen-bond donors (Lipinski definition) is 2. The van der Waals surface area contributed by atoms with Crippen molar-refractivity contribution >= 4 is 17.7 Å². The van der Waals surface area contributed by atoms with Gasteiger partial charge >= 0.3 is 5.97 Å². The van der Waals surface area contributed by atoms with Crippen molar-refractivity contribution in [2.24, 2.45) is 10.9 Å². The van der Waals surface area contributed by atoms with E-state index in [9.17, 15) is 9.59 Å². The minimum Gasteiger partial charge on any atom is -0.493 e. The summed E-state index contributed by atoms with van der Waals surface area (Å²) in [7, 11) is 0. The molecule has 0 aromatic heterocycles. The van der Waals surface area contributed by atoms with Gasteiger partial charge in [0.2, 0.25) is 0 Å². The van der Waals surface area contributed by atoms with Crippen molar-refractivity contribution < 1.29 is 28.6 Å². The summed E-state index contributed by atoms with van der Waals surface area (Å²) >= 11 is 0. The maximum absolute atomic E-state index is 13.1. The van der Waals surface area contributed by atoms with Gasteiger partial charge in [0.05, 0.1) is 13.2 Å². The Kier molecular flexibility index (Phi) is 12.6. The van der Waals surface area contributed by atoms with Gasteiger partial charge in [-0.15, -0.1) is 0 Å². The summed E-state index contributed by atoms with van der Waals surface area (Å²) < 4.78 is 17.1. The number of amides is 1. The number of unbranched alkanes of at least 4 members (excludes halogenated alkanes) is 2. The first kappa shape index (κ1) is 30.0. The predicted molar refractivity (Wildman–Crippen MR) is 150 cm³/mol. The van der Waals surface area contributed by atoms with Crippen LogP contribution in [0.25, 0.3) is 0 Å². The van der Waals surface area contributed by atoms with Gasteiger partial charge in [-0.2, -0.15) is 0 Å². The number of nitrogens with zero attached hydrogens (tertiary/aromatic N) is 1. The number of nitrogens with one attached hydrogen (secondary N) is 1. The van der Waals surface area contributed by atoms with Gasteiger partial charge in [0.25, 0.3) is 5.91 Å². The van der Waals surface area contributed by atoms with Crippen LogP contribution in [-0.4, -0.2) is 55.8 Å². The second kappa shape index (κ2) is 16.4. The fraction of sp³-hybridized carbons (Fsp3) is 0.533. The third-order valence-electron chi connectivity index (χ3n) is 6.42. The summed E-state index contributed by atoms with van der Waals surface area (Å²) in [5.74, 6) is 3.57. The molecule has 39 heavy (non-hydrogen) atoms. The van der Waals surface area contributed by atoms with Crippen molar-refractivity contribution in [1.29, 1.82) is 0 Å². The van der Waals surface area contributed by atoms with E-state index in [1.54, 1.807) is 25.1 Å². The van der Waals surface area contributed by atoms with Gasteiger partial charge in [-0.1, -0.05) is 0 Å². The van der Waals surface area contributed by atoms with Crippen molar-refractivity contribution in [1.82, 2.24) is 5.32 Å². The summed E-state index contributed by atoms with van der Waals surface area (Å²) in [4.78, 5) is 29.6.